The van der Waals surface area contributed by atoms with Crippen LogP contribution in [0.3, 0.4) is 0 Å². The Bertz CT molecular complexity index is 404. The Kier molecular flexibility index (Phi) is 4.57. The highest BCUT2D eigenvalue weighted by molar-refractivity contribution is 6.43. The van der Waals surface area contributed by atoms with Gasteiger partial charge in [0.1, 0.15) is 15.0 Å². The Morgan fingerprint density at radius 3 is 2.62 bits per heavy atom. The van der Waals surface area contributed by atoms with Gasteiger partial charge in [-0.2, -0.15) is 0 Å². The van der Waals surface area contributed by atoms with Crippen LogP contribution in [0.1, 0.15) is 11.1 Å². The number of carbonyl (C=O) groups excluding carboxylic acids is 1. The minimum Gasteiger partial charge on any atom is -0.464 e. The quantitative estimate of drug-likeness (QED) is 0.317. The number of rotatable bonds is 4. The van der Waals surface area contributed by atoms with Crippen LogP contribution >= 0.6 is 0 Å². The van der Waals surface area contributed by atoms with Crippen molar-refractivity contribution < 1.29 is 14.4 Å². The molecule has 5 heteroatoms. The van der Waals surface area contributed by atoms with Crippen molar-refractivity contribution in [2.75, 3.05) is 14.2 Å². The third-order valence-corrected chi connectivity index (χ3v) is 2.21. The fourth-order valence-electron chi connectivity index (χ4n) is 1.44. The molecule has 0 aliphatic carbocycles. The molecule has 0 bridgehead atoms. The Hall–Kier alpha value is -1.78. The van der Waals surface area contributed by atoms with Crippen LogP contribution in [0.4, 0.5) is 0 Å². The number of nitrogens with zero attached hydrogens (tertiary/aromatic N) is 1. The van der Waals surface area contributed by atoms with Crippen LogP contribution < -0.4 is 0 Å². The van der Waals surface area contributed by atoms with E-state index >= 15 is 0 Å². The van der Waals surface area contributed by atoms with Crippen molar-refractivity contribution in [3.05, 3.63) is 35.4 Å². The molecule has 0 saturated carbocycles. The molecule has 16 heavy (non-hydrogen) atoms. The molecular weight excluding hydrogens is 205 g/mol. The lowest BCUT2D eigenvalue weighted by Gasteiger charge is -2.08. The molecule has 1 rings (SSSR count). The fraction of sp³-hybridized carbons (Fsp3) is 0.273. The summed E-state index contributed by atoms with van der Waals surface area (Å²) in [5.74, 6) is -0.497. The third-order valence-electron chi connectivity index (χ3n) is 2.21. The first-order valence-corrected chi connectivity index (χ1v) is 5.02. The normalized spacial score (nSPS) is 11.0. The van der Waals surface area contributed by atoms with E-state index in [1.807, 2.05) is 32.1 Å². The number of ether oxygens (including phenoxy) is 1. The van der Waals surface area contributed by atoms with Crippen LogP contribution in [0.2, 0.25) is 0 Å². The zero-order valence-electron chi connectivity index (χ0n) is 9.69. The number of methoxy groups -OCH3 is 1. The molecule has 1 aromatic rings. The smallest absolute Gasteiger partial charge is 0.360 e. The zero-order valence-corrected chi connectivity index (χ0v) is 9.69. The van der Waals surface area contributed by atoms with E-state index in [4.69, 9.17) is 0 Å². The number of hydrogen-bond donors (Lipinski definition) is 0. The Labute approximate surface area is 95.6 Å². The number of oxime groups is 1. The van der Waals surface area contributed by atoms with Gasteiger partial charge in [0.2, 0.25) is 0 Å². The lowest BCUT2D eigenvalue weighted by molar-refractivity contribution is -0.132. The van der Waals surface area contributed by atoms with Gasteiger partial charge < -0.3 is 9.57 Å². The van der Waals surface area contributed by atoms with Crippen molar-refractivity contribution in [3.8, 4) is 0 Å². The first kappa shape index (κ1) is 12.3. The van der Waals surface area contributed by atoms with Gasteiger partial charge in [-0.15, -0.1) is 0 Å². The van der Waals surface area contributed by atoms with Gasteiger partial charge >= 0.3 is 5.97 Å². The topological polar surface area (TPSA) is 47.9 Å². The van der Waals surface area contributed by atoms with E-state index in [-0.39, 0.29) is 5.71 Å². The maximum atomic E-state index is 11.5. The van der Waals surface area contributed by atoms with Crippen molar-refractivity contribution in [2.24, 2.45) is 5.16 Å². The van der Waals surface area contributed by atoms with E-state index in [0.717, 1.165) is 17.4 Å². The summed E-state index contributed by atoms with van der Waals surface area (Å²) in [6.07, 6.45) is 0.815. The summed E-state index contributed by atoms with van der Waals surface area (Å²) < 4.78 is 4.67. The molecular formula is C11H14BNO3. The van der Waals surface area contributed by atoms with Crippen molar-refractivity contribution in [2.45, 2.75) is 6.32 Å². The standard InChI is InChI=1S/C11H14BNO3/c1-15-11(14)10(13-16-2)9-6-4-3-5-8(9)7-12/h3-6H,7,12H2,1-2H3/b13-10+. The van der Waals surface area contributed by atoms with Crippen molar-refractivity contribution >= 4 is 19.5 Å². The average molecular weight is 219 g/mol. The van der Waals surface area contributed by atoms with Gasteiger partial charge in [-0.05, 0) is 5.56 Å². The summed E-state index contributed by atoms with van der Waals surface area (Å²) in [5, 5.41) is 3.72. The molecule has 84 valence electrons. The highest BCUT2D eigenvalue weighted by Crippen LogP contribution is 2.11. The molecule has 0 amide bonds. The molecule has 4 nitrogen and oxygen atoms in total. The number of carbonyl (C=O) groups is 1. The van der Waals surface area contributed by atoms with E-state index in [9.17, 15) is 4.79 Å². The molecule has 0 radical (unpaired) electrons. The fourth-order valence-corrected chi connectivity index (χ4v) is 1.44. The summed E-state index contributed by atoms with van der Waals surface area (Å²) in [5.41, 5.74) is 1.98. The van der Waals surface area contributed by atoms with Crippen LogP contribution in [0.25, 0.3) is 0 Å². The number of benzene rings is 1. The average Bonchev–Trinajstić information content (AvgIpc) is 2.35. The minimum absolute atomic E-state index is 0.197. The van der Waals surface area contributed by atoms with Crippen LogP contribution in [0.5, 0.6) is 0 Å². The lowest BCUT2D eigenvalue weighted by Crippen LogP contribution is -2.19. The van der Waals surface area contributed by atoms with E-state index in [2.05, 4.69) is 14.7 Å². The predicted molar refractivity (Wildman–Crippen MR) is 64.3 cm³/mol. The summed E-state index contributed by atoms with van der Waals surface area (Å²) in [4.78, 5) is 16.2. The van der Waals surface area contributed by atoms with E-state index < -0.39 is 5.97 Å². The molecule has 1 aromatic carbocycles. The first-order valence-electron chi connectivity index (χ1n) is 5.02. The third kappa shape index (κ3) is 2.62. The summed E-state index contributed by atoms with van der Waals surface area (Å²) >= 11 is 0. The summed E-state index contributed by atoms with van der Waals surface area (Å²) in [6.45, 7) is 0. The monoisotopic (exact) mass is 219 g/mol. The molecule has 0 aromatic heterocycles. The van der Waals surface area contributed by atoms with Gasteiger partial charge in [-0.25, -0.2) is 4.79 Å². The largest absolute Gasteiger partial charge is 0.464 e. The van der Waals surface area contributed by atoms with Gasteiger partial charge in [0.15, 0.2) is 5.71 Å². The van der Waals surface area contributed by atoms with Crippen LogP contribution in [-0.4, -0.2) is 33.7 Å². The maximum absolute atomic E-state index is 11.5. The number of hydrogen-bond acceptors (Lipinski definition) is 4. The molecule has 0 unspecified atom stereocenters. The minimum atomic E-state index is -0.497. The summed E-state index contributed by atoms with van der Waals surface area (Å²) in [7, 11) is 4.74. The molecule has 0 N–H and O–H groups in total. The predicted octanol–water partition coefficient (Wildman–Crippen LogP) is 0.343. The molecule has 0 fully saturated rings. The van der Waals surface area contributed by atoms with E-state index in [0.29, 0.717) is 0 Å². The highest BCUT2D eigenvalue weighted by atomic mass is 16.6. The Morgan fingerprint density at radius 2 is 2.06 bits per heavy atom. The molecule has 0 aliphatic heterocycles. The SMILES string of the molecule is BCc1ccccc1/C(=N\OC)C(=O)OC. The molecule has 0 saturated heterocycles. The Balaban J connectivity index is 3.21. The van der Waals surface area contributed by atoms with Gasteiger partial charge in [-0.1, -0.05) is 35.7 Å². The molecule has 0 heterocycles. The number of esters is 1. The van der Waals surface area contributed by atoms with Crippen LogP contribution in [0, 0.1) is 0 Å². The second-order valence-electron chi connectivity index (χ2n) is 3.12. The second kappa shape index (κ2) is 5.95. The molecule has 0 atom stereocenters. The zero-order chi connectivity index (χ0) is 12.0. The van der Waals surface area contributed by atoms with Crippen molar-refractivity contribution in [1.29, 1.82) is 0 Å². The van der Waals surface area contributed by atoms with Crippen LogP contribution in [-0.2, 0) is 20.7 Å². The van der Waals surface area contributed by atoms with Crippen molar-refractivity contribution in [1.82, 2.24) is 0 Å². The van der Waals surface area contributed by atoms with Crippen molar-refractivity contribution in [3.63, 3.8) is 0 Å². The first-order chi connectivity index (χ1) is 7.74. The van der Waals surface area contributed by atoms with Gasteiger partial charge in [0.05, 0.1) is 7.11 Å². The van der Waals surface area contributed by atoms with Crippen LogP contribution in [0.15, 0.2) is 29.4 Å². The van der Waals surface area contributed by atoms with E-state index in [1.165, 1.54) is 14.2 Å². The van der Waals surface area contributed by atoms with Gasteiger partial charge in [-0.3, -0.25) is 0 Å². The van der Waals surface area contributed by atoms with E-state index in [1.54, 1.807) is 0 Å². The lowest BCUT2D eigenvalue weighted by atomic mass is 9.91. The van der Waals surface area contributed by atoms with Gasteiger partial charge in [0, 0.05) is 5.56 Å². The maximum Gasteiger partial charge on any atom is 0.360 e. The Morgan fingerprint density at radius 1 is 1.38 bits per heavy atom. The van der Waals surface area contributed by atoms with Gasteiger partial charge in [0.25, 0.3) is 0 Å². The molecule has 0 spiro atoms. The summed E-state index contributed by atoms with van der Waals surface area (Å²) in [6, 6.07) is 7.55. The molecule has 0 aliphatic rings. The second-order valence-corrected chi connectivity index (χ2v) is 3.12. The highest BCUT2D eigenvalue weighted by Gasteiger charge is 2.17.